The molecule has 0 unspecified atom stereocenters. The van der Waals surface area contributed by atoms with Crippen LogP contribution in [0.2, 0.25) is 5.02 Å². The Labute approximate surface area is 119 Å². The van der Waals surface area contributed by atoms with Gasteiger partial charge in [0.15, 0.2) is 4.90 Å². The van der Waals surface area contributed by atoms with E-state index in [0.717, 1.165) is 18.2 Å². The van der Waals surface area contributed by atoms with Crippen LogP contribution in [0.25, 0.3) is 0 Å². The molecule has 0 saturated carbocycles. The van der Waals surface area contributed by atoms with E-state index >= 15 is 0 Å². The lowest BCUT2D eigenvalue weighted by Gasteiger charge is -2.09. The van der Waals surface area contributed by atoms with Crippen molar-refractivity contribution in [2.45, 2.75) is 11.8 Å². The maximum atomic E-state index is 13.5. The number of hydrogen-bond donors (Lipinski definition) is 0. The zero-order chi connectivity index (χ0) is 14.9. The Hall–Kier alpha value is -1.66. The van der Waals surface area contributed by atoms with Crippen LogP contribution in [0.4, 0.5) is 8.78 Å². The molecule has 0 aliphatic heterocycles. The predicted octanol–water partition coefficient (Wildman–Crippen LogP) is 3.69. The van der Waals surface area contributed by atoms with E-state index in [2.05, 4.69) is 0 Å². The first kappa shape index (κ1) is 14.7. The monoisotopic (exact) mass is 318 g/mol. The molecule has 0 fully saturated rings. The molecule has 0 spiro atoms. The molecule has 7 heteroatoms. The molecule has 0 aromatic heterocycles. The van der Waals surface area contributed by atoms with Gasteiger partial charge in [0, 0.05) is 5.02 Å². The molecule has 0 amide bonds. The van der Waals surface area contributed by atoms with E-state index < -0.39 is 26.6 Å². The molecular weight excluding hydrogens is 310 g/mol. The normalized spacial score (nSPS) is 11.4. The summed E-state index contributed by atoms with van der Waals surface area (Å²) in [6, 6.07) is 6.83. The van der Waals surface area contributed by atoms with Gasteiger partial charge in [-0.2, -0.15) is 8.42 Å². The number of hydrogen-bond acceptors (Lipinski definition) is 3. The molecule has 0 aliphatic carbocycles. The largest absolute Gasteiger partial charge is 0.379 e. The summed E-state index contributed by atoms with van der Waals surface area (Å²) in [5, 5.41) is 0.423. The minimum absolute atomic E-state index is 0.0745. The van der Waals surface area contributed by atoms with Gasteiger partial charge in [-0.25, -0.2) is 8.78 Å². The maximum absolute atomic E-state index is 13.5. The van der Waals surface area contributed by atoms with Gasteiger partial charge in [0.1, 0.15) is 17.4 Å². The van der Waals surface area contributed by atoms with Crippen molar-refractivity contribution >= 4 is 21.7 Å². The minimum atomic E-state index is -4.60. The topological polar surface area (TPSA) is 43.4 Å². The van der Waals surface area contributed by atoms with E-state index in [1.165, 1.54) is 18.2 Å². The lowest BCUT2D eigenvalue weighted by molar-refractivity contribution is 0.460. The van der Waals surface area contributed by atoms with Crippen LogP contribution < -0.4 is 4.18 Å². The number of aryl methyl sites for hydroxylation is 1. The molecule has 0 N–H and O–H groups in total. The van der Waals surface area contributed by atoms with E-state index in [1.807, 2.05) is 0 Å². The first-order valence-corrected chi connectivity index (χ1v) is 7.24. The molecule has 0 atom stereocenters. The van der Waals surface area contributed by atoms with E-state index in [0.29, 0.717) is 10.6 Å². The summed E-state index contributed by atoms with van der Waals surface area (Å²) in [6.45, 7) is 1.64. The van der Waals surface area contributed by atoms with Crippen LogP contribution in [0.3, 0.4) is 0 Å². The van der Waals surface area contributed by atoms with E-state index in [9.17, 15) is 17.2 Å². The molecule has 0 saturated heterocycles. The highest BCUT2D eigenvalue weighted by molar-refractivity contribution is 7.87. The first-order chi connectivity index (χ1) is 9.31. The molecule has 106 valence electrons. The smallest absolute Gasteiger partial charge is 0.345 e. The highest BCUT2D eigenvalue weighted by atomic mass is 35.5. The number of halogens is 3. The van der Waals surface area contributed by atoms with Crippen LogP contribution in [0.5, 0.6) is 5.75 Å². The standard InChI is InChI=1S/C13H9ClF2O3S/c1-8-7-9(5-6-10(8)14)19-20(17,18)13-11(15)3-2-4-12(13)16/h2-7H,1H3. The summed E-state index contributed by atoms with van der Waals surface area (Å²) >= 11 is 5.79. The lowest BCUT2D eigenvalue weighted by atomic mass is 10.2. The van der Waals surface area contributed by atoms with Gasteiger partial charge in [0.05, 0.1) is 0 Å². The van der Waals surface area contributed by atoms with Crippen molar-refractivity contribution in [1.82, 2.24) is 0 Å². The van der Waals surface area contributed by atoms with E-state index in [-0.39, 0.29) is 5.75 Å². The van der Waals surface area contributed by atoms with Crippen LogP contribution in [0, 0.1) is 18.6 Å². The average molecular weight is 319 g/mol. The lowest BCUT2D eigenvalue weighted by Crippen LogP contribution is -2.13. The second-order valence-corrected chi connectivity index (χ2v) is 5.89. The van der Waals surface area contributed by atoms with Crippen LogP contribution >= 0.6 is 11.6 Å². The molecule has 0 heterocycles. The van der Waals surface area contributed by atoms with Crippen molar-refractivity contribution in [2.75, 3.05) is 0 Å². The van der Waals surface area contributed by atoms with E-state index in [1.54, 1.807) is 6.92 Å². The molecule has 0 aliphatic rings. The van der Waals surface area contributed by atoms with Gasteiger partial charge in [-0.05, 0) is 42.8 Å². The zero-order valence-corrected chi connectivity index (χ0v) is 11.8. The highest BCUT2D eigenvalue weighted by Gasteiger charge is 2.26. The third-order valence-electron chi connectivity index (χ3n) is 2.50. The van der Waals surface area contributed by atoms with Crippen molar-refractivity contribution in [3.05, 3.63) is 58.6 Å². The van der Waals surface area contributed by atoms with Crippen molar-refractivity contribution in [3.8, 4) is 5.75 Å². The summed E-state index contributed by atoms with van der Waals surface area (Å²) in [4.78, 5) is -1.12. The van der Waals surface area contributed by atoms with E-state index in [4.69, 9.17) is 15.8 Å². The molecule has 2 rings (SSSR count). The van der Waals surface area contributed by atoms with Gasteiger partial charge in [-0.1, -0.05) is 17.7 Å². The molecule has 0 bridgehead atoms. The quantitative estimate of drug-likeness (QED) is 0.811. The summed E-state index contributed by atoms with van der Waals surface area (Å²) in [6.07, 6.45) is 0. The third kappa shape index (κ3) is 2.91. The SMILES string of the molecule is Cc1cc(OS(=O)(=O)c2c(F)cccc2F)ccc1Cl. The average Bonchev–Trinajstić information content (AvgIpc) is 2.33. The Morgan fingerprint density at radius 2 is 1.70 bits per heavy atom. The fourth-order valence-corrected chi connectivity index (χ4v) is 2.73. The number of benzene rings is 2. The van der Waals surface area contributed by atoms with Crippen LogP contribution in [-0.4, -0.2) is 8.42 Å². The van der Waals surface area contributed by atoms with Gasteiger partial charge >= 0.3 is 10.1 Å². The summed E-state index contributed by atoms with van der Waals surface area (Å²) in [7, 11) is -4.60. The number of rotatable bonds is 3. The fraction of sp³-hybridized carbons (Fsp3) is 0.0769. The Morgan fingerprint density at radius 3 is 2.25 bits per heavy atom. The fourth-order valence-electron chi connectivity index (χ4n) is 1.56. The predicted molar refractivity (Wildman–Crippen MR) is 70.4 cm³/mol. The third-order valence-corrected chi connectivity index (χ3v) is 4.23. The van der Waals surface area contributed by atoms with Gasteiger partial charge in [0.2, 0.25) is 0 Å². The molecule has 2 aromatic carbocycles. The first-order valence-electron chi connectivity index (χ1n) is 5.46. The highest BCUT2D eigenvalue weighted by Crippen LogP contribution is 2.26. The zero-order valence-electron chi connectivity index (χ0n) is 10.2. The minimum Gasteiger partial charge on any atom is -0.379 e. The van der Waals surface area contributed by atoms with Crippen molar-refractivity contribution < 1.29 is 21.4 Å². The molecule has 3 nitrogen and oxygen atoms in total. The van der Waals surface area contributed by atoms with Crippen LogP contribution in [-0.2, 0) is 10.1 Å². The maximum Gasteiger partial charge on any atom is 0.345 e. The van der Waals surface area contributed by atoms with Crippen molar-refractivity contribution in [2.24, 2.45) is 0 Å². The Balaban J connectivity index is 2.43. The molecule has 20 heavy (non-hydrogen) atoms. The van der Waals surface area contributed by atoms with Gasteiger partial charge in [0.25, 0.3) is 0 Å². The van der Waals surface area contributed by atoms with Crippen molar-refractivity contribution in [3.63, 3.8) is 0 Å². The second-order valence-electron chi connectivity index (χ2n) is 4.00. The van der Waals surface area contributed by atoms with Crippen LogP contribution in [0.15, 0.2) is 41.3 Å². The molecule has 2 aromatic rings. The van der Waals surface area contributed by atoms with Gasteiger partial charge in [-0.15, -0.1) is 0 Å². The Kier molecular flexibility index (Phi) is 3.96. The van der Waals surface area contributed by atoms with Gasteiger partial charge < -0.3 is 4.18 Å². The Bertz CT molecular complexity index is 740. The van der Waals surface area contributed by atoms with Crippen molar-refractivity contribution in [1.29, 1.82) is 0 Å². The van der Waals surface area contributed by atoms with Gasteiger partial charge in [-0.3, -0.25) is 0 Å². The Morgan fingerprint density at radius 1 is 1.10 bits per heavy atom. The summed E-state index contributed by atoms with van der Waals surface area (Å²) in [5.41, 5.74) is 0.577. The molecular formula is C13H9ClF2O3S. The molecule has 0 radical (unpaired) electrons. The summed E-state index contributed by atoms with van der Waals surface area (Å²) in [5.74, 6) is -2.50. The summed E-state index contributed by atoms with van der Waals surface area (Å²) < 4.78 is 55.5. The van der Waals surface area contributed by atoms with Crippen LogP contribution in [0.1, 0.15) is 5.56 Å². The second kappa shape index (κ2) is 5.38.